The molecule has 1 N–H and O–H groups in total. The Balaban J connectivity index is 1.52. The van der Waals surface area contributed by atoms with Crippen LogP contribution in [0.3, 0.4) is 0 Å². The van der Waals surface area contributed by atoms with Gasteiger partial charge in [0.05, 0.1) is 0 Å². The molecule has 0 bridgehead atoms. The van der Waals surface area contributed by atoms with Crippen LogP contribution < -0.4 is 5.32 Å². The summed E-state index contributed by atoms with van der Waals surface area (Å²) in [5.41, 5.74) is 2.85. The third kappa shape index (κ3) is 3.13. The third-order valence-electron chi connectivity index (χ3n) is 4.26. The molecule has 0 spiro atoms. The molecule has 1 saturated carbocycles. The SMILES string of the molecule is C[C@H](NC1CC(c2ccc(Br)cc2)C1)c1ccccc1. The largest absolute Gasteiger partial charge is 0.307 e. The molecule has 104 valence electrons. The average Bonchev–Trinajstić information content (AvgIpc) is 2.44. The second-order valence-corrected chi connectivity index (χ2v) is 6.63. The number of hydrogen-bond acceptors (Lipinski definition) is 1. The number of benzene rings is 2. The van der Waals surface area contributed by atoms with E-state index in [9.17, 15) is 0 Å². The molecule has 0 amide bonds. The normalized spacial score (nSPS) is 23.1. The quantitative estimate of drug-likeness (QED) is 0.827. The van der Waals surface area contributed by atoms with Gasteiger partial charge in [-0.25, -0.2) is 0 Å². The second-order valence-electron chi connectivity index (χ2n) is 5.72. The van der Waals surface area contributed by atoms with Gasteiger partial charge in [-0.05, 0) is 48.9 Å². The van der Waals surface area contributed by atoms with Crippen LogP contribution in [0.25, 0.3) is 0 Å². The summed E-state index contributed by atoms with van der Waals surface area (Å²) in [6.45, 7) is 2.25. The van der Waals surface area contributed by atoms with E-state index in [2.05, 4.69) is 82.8 Å². The first-order valence-corrected chi connectivity index (χ1v) is 8.08. The maximum absolute atomic E-state index is 3.73. The highest BCUT2D eigenvalue weighted by Gasteiger charge is 2.30. The van der Waals surface area contributed by atoms with Crippen molar-refractivity contribution in [1.82, 2.24) is 5.32 Å². The summed E-state index contributed by atoms with van der Waals surface area (Å²) in [6.07, 6.45) is 2.50. The molecular formula is C18H20BrN. The molecule has 1 nitrogen and oxygen atoms in total. The van der Waals surface area contributed by atoms with Gasteiger partial charge in [-0.15, -0.1) is 0 Å². The van der Waals surface area contributed by atoms with Crippen LogP contribution in [0.4, 0.5) is 0 Å². The smallest absolute Gasteiger partial charge is 0.0294 e. The lowest BCUT2D eigenvalue weighted by molar-refractivity contribution is 0.271. The van der Waals surface area contributed by atoms with E-state index in [1.807, 2.05) is 0 Å². The van der Waals surface area contributed by atoms with Crippen LogP contribution in [0.1, 0.15) is 42.9 Å². The molecule has 0 saturated heterocycles. The van der Waals surface area contributed by atoms with Crippen LogP contribution in [0.2, 0.25) is 0 Å². The van der Waals surface area contributed by atoms with Gasteiger partial charge in [-0.2, -0.15) is 0 Å². The van der Waals surface area contributed by atoms with E-state index in [4.69, 9.17) is 0 Å². The zero-order valence-electron chi connectivity index (χ0n) is 11.7. The molecule has 2 aromatic carbocycles. The van der Waals surface area contributed by atoms with Gasteiger partial charge in [0.25, 0.3) is 0 Å². The van der Waals surface area contributed by atoms with E-state index in [-0.39, 0.29) is 0 Å². The van der Waals surface area contributed by atoms with Crippen LogP contribution in [0.5, 0.6) is 0 Å². The van der Waals surface area contributed by atoms with E-state index >= 15 is 0 Å². The maximum atomic E-state index is 3.73. The van der Waals surface area contributed by atoms with Crippen LogP contribution in [0.15, 0.2) is 59.1 Å². The fraction of sp³-hybridized carbons (Fsp3) is 0.333. The minimum absolute atomic E-state index is 0.437. The van der Waals surface area contributed by atoms with E-state index in [0.717, 1.165) is 10.4 Å². The van der Waals surface area contributed by atoms with Crippen LogP contribution in [-0.4, -0.2) is 6.04 Å². The molecule has 1 aliphatic rings. The summed E-state index contributed by atoms with van der Waals surface area (Å²) in [5.74, 6) is 0.726. The molecule has 0 unspecified atom stereocenters. The van der Waals surface area contributed by atoms with E-state index in [1.165, 1.54) is 24.0 Å². The Morgan fingerprint density at radius 1 is 1.00 bits per heavy atom. The Morgan fingerprint density at radius 3 is 2.30 bits per heavy atom. The zero-order valence-corrected chi connectivity index (χ0v) is 13.3. The van der Waals surface area contributed by atoms with Gasteiger partial charge in [-0.3, -0.25) is 0 Å². The number of rotatable bonds is 4. The molecule has 0 aromatic heterocycles. The van der Waals surface area contributed by atoms with E-state index < -0.39 is 0 Å². The Bertz CT molecular complexity index is 543. The van der Waals surface area contributed by atoms with Gasteiger partial charge in [0, 0.05) is 16.6 Å². The predicted octanol–water partition coefficient (Wildman–Crippen LogP) is 5.05. The highest BCUT2D eigenvalue weighted by molar-refractivity contribution is 9.10. The monoisotopic (exact) mass is 329 g/mol. The lowest BCUT2D eigenvalue weighted by Gasteiger charge is -2.38. The highest BCUT2D eigenvalue weighted by Crippen LogP contribution is 2.38. The Labute approximate surface area is 129 Å². The summed E-state index contributed by atoms with van der Waals surface area (Å²) >= 11 is 3.49. The minimum Gasteiger partial charge on any atom is -0.307 e. The topological polar surface area (TPSA) is 12.0 Å². The van der Waals surface area contributed by atoms with Crippen molar-refractivity contribution in [3.63, 3.8) is 0 Å². The summed E-state index contributed by atoms with van der Waals surface area (Å²) in [7, 11) is 0. The molecular weight excluding hydrogens is 310 g/mol. The lowest BCUT2D eigenvalue weighted by atomic mass is 9.75. The Morgan fingerprint density at radius 2 is 1.65 bits per heavy atom. The Hall–Kier alpha value is -1.12. The summed E-state index contributed by atoms with van der Waals surface area (Å²) in [4.78, 5) is 0. The molecule has 20 heavy (non-hydrogen) atoms. The first kappa shape index (κ1) is 13.8. The van der Waals surface area contributed by atoms with Crippen molar-refractivity contribution >= 4 is 15.9 Å². The minimum atomic E-state index is 0.437. The molecule has 1 atom stereocenters. The first-order valence-electron chi connectivity index (χ1n) is 7.29. The maximum Gasteiger partial charge on any atom is 0.0294 e. The number of nitrogens with one attached hydrogen (secondary N) is 1. The Kier molecular flexibility index (Phi) is 4.23. The molecule has 1 fully saturated rings. The van der Waals surface area contributed by atoms with E-state index in [1.54, 1.807) is 0 Å². The number of hydrogen-bond donors (Lipinski definition) is 1. The molecule has 2 heteroatoms. The van der Waals surface area contributed by atoms with Crippen molar-refractivity contribution in [2.75, 3.05) is 0 Å². The van der Waals surface area contributed by atoms with Crippen molar-refractivity contribution in [1.29, 1.82) is 0 Å². The second kappa shape index (κ2) is 6.11. The van der Waals surface area contributed by atoms with Crippen molar-refractivity contribution < 1.29 is 0 Å². The third-order valence-corrected chi connectivity index (χ3v) is 4.79. The standard InChI is InChI=1S/C18H20BrN/c1-13(14-5-3-2-4-6-14)20-18-11-16(12-18)15-7-9-17(19)10-8-15/h2-10,13,16,18,20H,11-12H2,1H3/t13-,16?,18?/m0/s1. The van der Waals surface area contributed by atoms with Crippen LogP contribution in [0, 0.1) is 0 Å². The zero-order chi connectivity index (χ0) is 13.9. The molecule has 0 aliphatic heterocycles. The van der Waals surface area contributed by atoms with Gasteiger partial charge in [0.2, 0.25) is 0 Å². The van der Waals surface area contributed by atoms with Gasteiger partial charge >= 0.3 is 0 Å². The molecule has 2 aromatic rings. The van der Waals surface area contributed by atoms with Crippen molar-refractivity contribution in [3.8, 4) is 0 Å². The summed E-state index contributed by atoms with van der Waals surface area (Å²) < 4.78 is 1.16. The fourth-order valence-electron chi connectivity index (χ4n) is 2.95. The van der Waals surface area contributed by atoms with Crippen molar-refractivity contribution in [2.45, 2.75) is 37.8 Å². The van der Waals surface area contributed by atoms with Crippen LogP contribution in [-0.2, 0) is 0 Å². The number of halogens is 1. The first-order chi connectivity index (χ1) is 9.72. The summed E-state index contributed by atoms with van der Waals surface area (Å²) in [5, 5.41) is 3.73. The highest BCUT2D eigenvalue weighted by atomic mass is 79.9. The lowest BCUT2D eigenvalue weighted by Crippen LogP contribution is -2.41. The molecule has 1 aliphatic carbocycles. The van der Waals surface area contributed by atoms with E-state index in [0.29, 0.717) is 12.1 Å². The van der Waals surface area contributed by atoms with Crippen molar-refractivity contribution in [2.24, 2.45) is 0 Å². The molecule has 0 heterocycles. The molecule has 3 rings (SSSR count). The van der Waals surface area contributed by atoms with Gasteiger partial charge in [-0.1, -0.05) is 58.4 Å². The van der Waals surface area contributed by atoms with Gasteiger partial charge in [0.1, 0.15) is 0 Å². The fourth-order valence-corrected chi connectivity index (χ4v) is 3.22. The predicted molar refractivity (Wildman–Crippen MR) is 87.9 cm³/mol. The van der Waals surface area contributed by atoms with Gasteiger partial charge in [0.15, 0.2) is 0 Å². The van der Waals surface area contributed by atoms with Crippen molar-refractivity contribution in [3.05, 3.63) is 70.2 Å². The summed E-state index contributed by atoms with van der Waals surface area (Å²) in [6, 6.07) is 20.5. The van der Waals surface area contributed by atoms with Gasteiger partial charge < -0.3 is 5.32 Å². The van der Waals surface area contributed by atoms with Crippen LogP contribution >= 0.6 is 15.9 Å². The molecule has 0 radical (unpaired) electrons. The average molecular weight is 330 g/mol.